The zero-order valence-electron chi connectivity index (χ0n) is 12.9. The Hall–Kier alpha value is -3.09. The number of alkyl halides is 3. The fourth-order valence-corrected chi connectivity index (χ4v) is 3.25. The third kappa shape index (κ3) is 2.48. The molecule has 0 aliphatic heterocycles. The van der Waals surface area contributed by atoms with E-state index in [0.29, 0.717) is 17.5 Å². The second kappa shape index (κ2) is 5.20. The van der Waals surface area contributed by atoms with Gasteiger partial charge in [0, 0.05) is 12.0 Å². The first-order valence-corrected chi connectivity index (χ1v) is 7.56. The van der Waals surface area contributed by atoms with E-state index in [1.165, 1.54) is 12.1 Å². The van der Waals surface area contributed by atoms with E-state index in [-0.39, 0.29) is 11.8 Å². The number of nitrogens with zero attached hydrogens (tertiary/aromatic N) is 2. The Morgan fingerprint density at radius 1 is 0.880 bits per heavy atom. The lowest BCUT2D eigenvalue weighted by atomic mass is 9.94. The summed E-state index contributed by atoms with van der Waals surface area (Å²) in [5, 5.41) is 0. The van der Waals surface area contributed by atoms with Gasteiger partial charge in [-0.05, 0) is 34.4 Å². The van der Waals surface area contributed by atoms with Gasteiger partial charge in [-0.2, -0.15) is 18.2 Å². The zero-order chi connectivity index (χ0) is 17.8. The maximum atomic E-state index is 12.8. The van der Waals surface area contributed by atoms with Crippen LogP contribution in [0.3, 0.4) is 0 Å². The Balaban J connectivity index is 1.88. The third-order valence-corrected chi connectivity index (χ3v) is 4.31. The molecule has 25 heavy (non-hydrogen) atoms. The first-order chi connectivity index (χ1) is 11.8. The summed E-state index contributed by atoms with van der Waals surface area (Å²) < 4.78 is 38.4. The van der Waals surface area contributed by atoms with Crippen molar-refractivity contribution >= 4 is 11.8 Å². The number of rotatable bonds is 1. The summed E-state index contributed by atoms with van der Waals surface area (Å²) in [6.45, 7) is 0. The number of fused-ring (bicyclic) bond motifs is 3. The van der Waals surface area contributed by atoms with Crippen molar-refractivity contribution in [1.82, 2.24) is 9.97 Å². The van der Waals surface area contributed by atoms with Gasteiger partial charge in [-0.3, -0.25) is 0 Å². The second-order valence-corrected chi connectivity index (χ2v) is 5.88. The Morgan fingerprint density at radius 2 is 1.60 bits per heavy atom. The molecular weight excluding hydrogens is 329 g/mol. The van der Waals surface area contributed by atoms with Gasteiger partial charge >= 0.3 is 6.18 Å². The Morgan fingerprint density at radius 3 is 2.28 bits per heavy atom. The van der Waals surface area contributed by atoms with Crippen molar-refractivity contribution in [3.8, 4) is 22.3 Å². The SMILES string of the molecule is Nc1nc(N)c2c(n1)Cc1cccc(-c3ccc(C(F)(F)F)cc3)c1-2. The molecule has 0 saturated heterocycles. The van der Waals surface area contributed by atoms with Crippen molar-refractivity contribution in [3.05, 3.63) is 59.3 Å². The molecule has 0 bridgehead atoms. The summed E-state index contributed by atoms with van der Waals surface area (Å²) in [5.41, 5.74) is 15.8. The summed E-state index contributed by atoms with van der Waals surface area (Å²) >= 11 is 0. The lowest BCUT2D eigenvalue weighted by Crippen LogP contribution is -2.04. The molecule has 0 fully saturated rings. The number of nitrogens with two attached hydrogens (primary N) is 2. The molecule has 1 aromatic heterocycles. The van der Waals surface area contributed by atoms with Crippen LogP contribution in [0.25, 0.3) is 22.3 Å². The largest absolute Gasteiger partial charge is 0.416 e. The van der Waals surface area contributed by atoms with Gasteiger partial charge in [0.05, 0.1) is 11.3 Å². The molecule has 4 N–H and O–H groups in total. The van der Waals surface area contributed by atoms with E-state index in [1.54, 1.807) is 0 Å². The number of benzene rings is 2. The fourth-order valence-electron chi connectivity index (χ4n) is 3.25. The molecule has 0 atom stereocenters. The van der Waals surface area contributed by atoms with Crippen LogP contribution in [0.15, 0.2) is 42.5 Å². The molecule has 0 spiro atoms. The quantitative estimate of drug-likeness (QED) is 0.550. The number of nitrogen functional groups attached to an aromatic ring is 2. The summed E-state index contributed by atoms with van der Waals surface area (Å²) in [5.74, 6) is 0.390. The minimum absolute atomic E-state index is 0.111. The molecular formula is C18H13F3N4. The average Bonchev–Trinajstić information content (AvgIpc) is 2.92. The smallest absolute Gasteiger partial charge is 0.383 e. The molecule has 3 aromatic rings. The number of anilines is 2. The summed E-state index contributed by atoms with van der Waals surface area (Å²) in [7, 11) is 0. The van der Waals surface area contributed by atoms with E-state index in [0.717, 1.165) is 34.5 Å². The maximum Gasteiger partial charge on any atom is 0.416 e. The third-order valence-electron chi connectivity index (χ3n) is 4.31. The highest BCUT2D eigenvalue weighted by atomic mass is 19.4. The molecule has 1 heterocycles. The van der Waals surface area contributed by atoms with Gasteiger partial charge < -0.3 is 11.5 Å². The van der Waals surface area contributed by atoms with Crippen LogP contribution in [0.5, 0.6) is 0 Å². The van der Waals surface area contributed by atoms with Gasteiger partial charge in [0.15, 0.2) is 0 Å². The average molecular weight is 342 g/mol. The van der Waals surface area contributed by atoms with E-state index >= 15 is 0 Å². The predicted molar refractivity (Wildman–Crippen MR) is 89.5 cm³/mol. The van der Waals surface area contributed by atoms with Crippen LogP contribution in [-0.2, 0) is 12.6 Å². The predicted octanol–water partition coefficient (Wildman–Crippen LogP) is 3.90. The Bertz CT molecular complexity index is 979. The number of aromatic nitrogens is 2. The van der Waals surface area contributed by atoms with Gasteiger partial charge in [0.2, 0.25) is 5.95 Å². The molecule has 0 radical (unpaired) electrons. The number of hydrogen-bond donors (Lipinski definition) is 2. The molecule has 0 unspecified atom stereocenters. The number of halogens is 3. The summed E-state index contributed by atoms with van der Waals surface area (Å²) in [4.78, 5) is 8.27. The zero-order valence-corrected chi connectivity index (χ0v) is 12.9. The molecule has 2 aromatic carbocycles. The molecule has 0 saturated carbocycles. The molecule has 1 aliphatic carbocycles. The standard InChI is InChI=1S/C18H13F3N4/c19-18(20,21)11-6-4-9(5-7-11)12-3-1-2-10-8-13-15(14(10)12)16(22)25-17(23)24-13/h1-7H,8H2,(H4,22,23,24,25). The van der Waals surface area contributed by atoms with Crippen molar-refractivity contribution in [2.24, 2.45) is 0 Å². The normalized spacial score (nSPS) is 12.8. The van der Waals surface area contributed by atoms with Crippen molar-refractivity contribution in [2.75, 3.05) is 11.5 Å². The minimum Gasteiger partial charge on any atom is -0.383 e. The Kier molecular flexibility index (Phi) is 3.21. The second-order valence-electron chi connectivity index (χ2n) is 5.88. The molecule has 0 amide bonds. The lowest BCUT2D eigenvalue weighted by Gasteiger charge is -2.12. The van der Waals surface area contributed by atoms with Crippen LogP contribution in [0.1, 0.15) is 16.8 Å². The molecule has 126 valence electrons. The summed E-state index contributed by atoms with van der Waals surface area (Å²) in [6.07, 6.45) is -3.80. The first kappa shape index (κ1) is 15.4. The fraction of sp³-hybridized carbons (Fsp3) is 0.111. The monoisotopic (exact) mass is 342 g/mol. The minimum atomic E-state index is -4.36. The van der Waals surface area contributed by atoms with Crippen LogP contribution < -0.4 is 11.5 Å². The lowest BCUT2D eigenvalue weighted by molar-refractivity contribution is -0.137. The summed E-state index contributed by atoms with van der Waals surface area (Å²) in [6, 6.07) is 10.7. The van der Waals surface area contributed by atoms with Crippen LogP contribution >= 0.6 is 0 Å². The van der Waals surface area contributed by atoms with E-state index in [1.807, 2.05) is 18.2 Å². The highest BCUT2D eigenvalue weighted by Gasteiger charge is 2.31. The van der Waals surface area contributed by atoms with Crippen LogP contribution in [0.2, 0.25) is 0 Å². The van der Waals surface area contributed by atoms with Gasteiger partial charge in [-0.25, -0.2) is 4.98 Å². The van der Waals surface area contributed by atoms with Crippen molar-refractivity contribution < 1.29 is 13.2 Å². The topological polar surface area (TPSA) is 77.8 Å². The highest BCUT2D eigenvalue weighted by Crippen LogP contribution is 2.45. The van der Waals surface area contributed by atoms with Crippen LogP contribution in [0, 0.1) is 0 Å². The van der Waals surface area contributed by atoms with Gasteiger partial charge in [0.25, 0.3) is 0 Å². The van der Waals surface area contributed by atoms with Gasteiger partial charge in [0.1, 0.15) is 5.82 Å². The van der Waals surface area contributed by atoms with E-state index in [2.05, 4.69) is 9.97 Å². The molecule has 4 rings (SSSR count). The number of hydrogen-bond acceptors (Lipinski definition) is 4. The Labute approximate surface area is 141 Å². The highest BCUT2D eigenvalue weighted by molar-refractivity contribution is 5.94. The van der Waals surface area contributed by atoms with Crippen LogP contribution in [0.4, 0.5) is 24.9 Å². The van der Waals surface area contributed by atoms with Crippen molar-refractivity contribution in [1.29, 1.82) is 0 Å². The molecule has 7 heteroatoms. The van der Waals surface area contributed by atoms with E-state index in [4.69, 9.17) is 11.5 Å². The molecule has 1 aliphatic rings. The van der Waals surface area contributed by atoms with E-state index in [9.17, 15) is 13.2 Å². The van der Waals surface area contributed by atoms with Crippen molar-refractivity contribution in [2.45, 2.75) is 12.6 Å². The first-order valence-electron chi connectivity index (χ1n) is 7.56. The van der Waals surface area contributed by atoms with Gasteiger partial charge in [-0.15, -0.1) is 0 Å². The van der Waals surface area contributed by atoms with E-state index < -0.39 is 11.7 Å². The maximum absolute atomic E-state index is 12.8. The molecule has 4 nitrogen and oxygen atoms in total. The van der Waals surface area contributed by atoms with Gasteiger partial charge in [-0.1, -0.05) is 30.3 Å². The van der Waals surface area contributed by atoms with Crippen molar-refractivity contribution in [3.63, 3.8) is 0 Å². The van der Waals surface area contributed by atoms with Crippen LogP contribution in [-0.4, -0.2) is 9.97 Å².